The molecular formula is C14H22BNO3. The van der Waals surface area contributed by atoms with Crippen LogP contribution in [0.5, 0.6) is 0 Å². The molecule has 1 saturated heterocycles. The SMILES string of the molecule is CC1CN(Cc2ccc(B(O)O)cc2)CC(C)(C)O1. The highest BCUT2D eigenvalue weighted by Gasteiger charge is 2.31. The van der Waals surface area contributed by atoms with Crippen LogP contribution in [0.15, 0.2) is 24.3 Å². The summed E-state index contributed by atoms with van der Waals surface area (Å²) in [7, 11) is -1.39. The number of ether oxygens (including phenoxy) is 1. The Labute approximate surface area is 115 Å². The van der Waals surface area contributed by atoms with Crippen LogP contribution >= 0.6 is 0 Å². The van der Waals surface area contributed by atoms with Gasteiger partial charge in [-0.3, -0.25) is 4.90 Å². The second-order valence-corrected chi connectivity index (χ2v) is 5.97. The molecule has 1 aromatic carbocycles. The molecule has 5 heteroatoms. The predicted octanol–water partition coefficient (Wildman–Crippen LogP) is 0.366. The Balaban J connectivity index is 2.00. The van der Waals surface area contributed by atoms with Gasteiger partial charge < -0.3 is 14.8 Å². The van der Waals surface area contributed by atoms with Crippen molar-refractivity contribution >= 4 is 12.6 Å². The van der Waals surface area contributed by atoms with Crippen LogP contribution in [0.1, 0.15) is 26.3 Å². The molecular weight excluding hydrogens is 241 g/mol. The average Bonchev–Trinajstić information content (AvgIpc) is 2.26. The Kier molecular flexibility index (Phi) is 4.31. The van der Waals surface area contributed by atoms with Crippen LogP contribution in [-0.2, 0) is 11.3 Å². The van der Waals surface area contributed by atoms with Gasteiger partial charge in [-0.25, -0.2) is 0 Å². The van der Waals surface area contributed by atoms with E-state index in [1.54, 1.807) is 12.1 Å². The van der Waals surface area contributed by atoms with Gasteiger partial charge in [0.05, 0.1) is 11.7 Å². The molecule has 1 unspecified atom stereocenters. The first-order valence-corrected chi connectivity index (χ1v) is 6.71. The van der Waals surface area contributed by atoms with Crippen molar-refractivity contribution < 1.29 is 14.8 Å². The van der Waals surface area contributed by atoms with E-state index in [9.17, 15) is 0 Å². The van der Waals surface area contributed by atoms with Gasteiger partial charge in [-0.2, -0.15) is 0 Å². The maximum absolute atomic E-state index is 9.07. The summed E-state index contributed by atoms with van der Waals surface area (Å²) in [5.74, 6) is 0. The van der Waals surface area contributed by atoms with Crippen LogP contribution < -0.4 is 5.46 Å². The molecule has 0 aliphatic carbocycles. The first-order chi connectivity index (χ1) is 8.85. The number of rotatable bonds is 3. The van der Waals surface area contributed by atoms with E-state index in [-0.39, 0.29) is 11.7 Å². The number of nitrogens with zero attached hydrogens (tertiary/aromatic N) is 1. The molecule has 0 radical (unpaired) electrons. The van der Waals surface area contributed by atoms with Crippen molar-refractivity contribution in [1.29, 1.82) is 0 Å². The third kappa shape index (κ3) is 4.04. The Hall–Kier alpha value is -0.875. The van der Waals surface area contributed by atoms with Crippen molar-refractivity contribution in [3.05, 3.63) is 29.8 Å². The molecule has 2 N–H and O–H groups in total. The molecule has 4 nitrogen and oxygen atoms in total. The third-order valence-electron chi connectivity index (χ3n) is 3.32. The summed E-state index contributed by atoms with van der Waals surface area (Å²) in [6.45, 7) is 9.01. The van der Waals surface area contributed by atoms with Crippen molar-refractivity contribution in [1.82, 2.24) is 4.90 Å². The molecule has 1 atom stereocenters. The third-order valence-corrected chi connectivity index (χ3v) is 3.32. The lowest BCUT2D eigenvalue weighted by molar-refractivity contribution is -0.130. The number of benzene rings is 1. The van der Waals surface area contributed by atoms with Crippen LogP contribution in [-0.4, -0.2) is 46.9 Å². The Morgan fingerprint density at radius 3 is 2.47 bits per heavy atom. The smallest absolute Gasteiger partial charge is 0.423 e. The highest BCUT2D eigenvalue weighted by atomic mass is 16.5. The zero-order valence-corrected chi connectivity index (χ0v) is 11.8. The van der Waals surface area contributed by atoms with E-state index in [0.717, 1.165) is 19.6 Å². The van der Waals surface area contributed by atoms with Crippen LogP contribution in [0.3, 0.4) is 0 Å². The Morgan fingerprint density at radius 2 is 1.95 bits per heavy atom. The molecule has 19 heavy (non-hydrogen) atoms. The lowest BCUT2D eigenvalue weighted by Crippen LogP contribution is -2.51. The lowest BCUT2D eigenvalue weighted by Gasteiger charge is -2.41. The van der Waals surface area contributed by atoms with E-state index >= 15 is 0 Å². The van der Waals surface area contributed by atoms with Gasteiger partial charge in [-0.05, 0) is 31.8 Å². The Bertz CT molecular complexity index is 419. The van der Waals surface area contributed by atoms with E-state index in [0.29, 0.717) is 5.46 Å². The van der Waals surface area contributed by atoms with Gasteiger partial charge in [-0.1, -0.05) is 24.3 Å². The fourth-order valence-electron chi connectivity index (χ4n) is 2.76. The molecule has 0 amide bonds. The van der Waals surface area contributed by atoms with Crippen LogP contribution in [0.4, 0.5) is 0 Å². The first-order valence-electron chi connectivity index (χ1n) is 6.71. The van der Waals surface area contributed by atoms with Crippen molar-refractivity contribution in [3.8, 4) is 0 Å². The van der Waals surface area contributed by atoms with Crippen molar-refractivity contribution in [2.75, 3.05) is 13.1 Å². The second kappa shape index (κ2) is 5.63. The van der Waals surface area contributed by atoms with Crippen molar-refractivity contribution in [2.24, 2.45) is 0 Å². The molecule has 0 spiro atoms. The summed E-state index contributed by atoms with van der Waals surface area (Å²) in [6, 6.07) is 7.41. The maximum Gasteiger partial charge on any atom is 0.488 e. The van der Waals surface area contributed by atoms with E-state index in [1.807, 2.05) is 12.1 Å². The number of morpholine rings is 1. The summed E-state index contributed by atoms with van der Waals surface area (Å²) in [5, 5.41) is 18.1. The lowest BCUT2D eigenvalue weighted by atomic mass is 9.80. The topological polar surface area (TPSA) is 52.9 Å². The quantitative estimate of drug-likeness (QED) is 0.773. The first kappa shape index (κ1) is 14.5. The highest BCUT2D eigenvalue weighted by molar-refractivity contribution is 6.58. The fourth-order valence-corrected chi connectivity index (χ4v) is 2.76. The standard InChI is InChI=1S/C14H22BNO3/c1-11-8-16(10-14(2,3)19-11)9-12-4-6-13(7-5-12)15(17)18/h4-7,11,17-18H,8-10H2,1-3H3. The molecule has 1 aliphatic heterocycles. The molecule has 0 bridgehead atoms. The van der Waals surface area contributed by atoms with Gasteiger partial charge in [0, 0.05) is 19.6 Å². The van der Waals surface area contributed by atoms with Gasteiger partial charge >= 0.3 is 7.12 Å². The van der Waals surface area contributed by atoms with Crippen LogP contribution in [0.25, 0.3) is 0 Å². The largest absolute Gasteiger partial charge is 0.488 e. The summed E-state index contributed by atoms with van der Waals surface area (Å²) in [5.41, 5.74) is 1.59. The van der Waals surface area contributed by atoms with E-state index in [1.165, 1.54) is 5.56 Å². The summed E-state index contributed by atoms with van der Waals surface area (Å²) in [6.07, 6.45) is 0.238. The molecule has 1 aromatic rings. The Morgan fingerprint density at radius 1 is 1.32 bits per heavy atom. The van der Waals surface area contributed by atoms with E-state index in [2.05, 4.69) is 25.7 Å². The van der Waals surface area contributed by atoms with Crippen LogP contribution in [0.2, 0.25) is 0 Å². The number of hydrogen-bond donors (Lipinski definition) is 2. The fraction of sp³-hybridized carbons (Fsp3) is 0.571. The summed E-state index contributed by atoms with van der Waals surface area (Å²) >= 11 is 0. The summed E-state index contributed by atoms with van der Waals surface area (Å²) < 4.78 is 5.88. The predicted molar refractivity (Wildman–Crippen MR) is 76.2 cm³/mol. The van der Waals surface area contributed by atoms with Gasteiger partial charge in [0.2, 0.25) is 0 Å². The molecule has 1 fully saturated rings. The van der Waals surface area contributed by atoms with Gasteiger partial charge in [-0.15, -0.1) is 0 Å². The molecule has 0 saturated carbocycles. The zero-order chi connectivity index (χ0) is 14.0. The molecule has 1 aliphatic rings. The molecule has 0 aromatic heterocycles. The van der Waals surface area contributed by atoms with E-state index in [4.69, 9.17) is 14.8 Å². The zero-order valence-electron chi connectivity index (χ0n) is 11.8. The average molecular weight is 263 g/mol. The van der Waals surface area contributed by atoms with Crippen molar-refractivity contribution in [3.63, 3.8) is 0 Å². The van der Waals surface area contributed by atoms with Gasteiger partial charge in [0.15, 0.2) is 0 Å². The number of hydrogen-bond acceptors (Lipinski definition) is 4. The molecule has 2 rings (SSSR count). The van der Waals surface area contributed by atoms with Gasteiger partial charge in [0.1, 0.15) is 0 Å². The second-order valence-electron chi connectivity index (χ2n) is 5.97. The van der Waals surface area contributed by atoms with Gasteiger partial charge in [0.25, 0.3) is 0 Å². The van der Waals surface area contributed by atoms with Crippen LogP contribution in [0, 0.1) is 0 Å². The minimum atomic E-state index is -1.39. The molecule has 104 valence electrons. The minimum Gasteiger partial charge on any atom is -0.423 e. The molecule has 1 heterocycles. The minimum absolute atomic E-state index is 0.112. The van der Waals surface area contributed by atoms with E-state index < -0.39 is 7.12 Å². The normalized spacial score (nSPS) is 23.3. The van der Waals surface area contributed by atoms with Crippen molar-refractivity contribution in [2.45, 2.75) is 39.0 Å². The highest BCUT2D eigenvalue weighted by Crippen LogP contribution is 2.22. The monoisotopic (exact) mass is 263 g/mol. The summed E-state index contributed by atoms with van der Waals surface area (Å²) in [4.78, 5) is 2.37. The maximum atomic E-state index is 9.07.